The molecule has 1 atom stereocenters. The maximum Gasteiger partial charge on any atom is 0.437 e. The van der Waals surface area contributed by atoms with Crippen molar-refractivity contribution in [2.75, 3.05) is 0 Å². The highest BCUT2D eigenvalue weighted by Gasteiger charge is 2.15. The highest BCUT2D eigenvalue weighted by Crippen LogP contribution is 2.22. The number of thiophene rings is 1. The number of aliphatic hydroxyl groups is 1. The normalized spacial score (nSPS) is 12.5. The van der Waals surface area contributed by atoms with E-state index in [1.165, 1.54) is 11.3 Å². The van der Waals surface area contributed by atoms with Gasteiger partial charge in [-0.2, -0.15) is 4.68 Å². The van der Waals surface area contributed by atoms with Gasteiger partial charge in [-0.05, 0) is 29.1 Å². The number of aliphatic hydroxyl groups excluding tert-OH is 1. The van der Waals surface area contributed by atoms with Crippen LogP contribution >= 0.6 is 22.9 Å². The number of aromatic nitrogens is 2. The second-order valence-electron chi connectivity index (χ2n) is 4.40. The minimum absolute atomic E-state index is 0.0232. The van der Waals surface area contributed by atoms with E-state index in [4.69, 9.17) is 16.0 Å². The number of rotatable bonds is 4. The summed E-state index contributed by atoms with van der Waals surface area (Å²) in [6.45, 7) is 0.0232. The maximum absolute atomic E-state index is 11.8. The lowest BCUT2D eigenvalue weighted by atomic mass is 10.1. The molecule has 0 bridgehead atoms. The van der Waals surface area contributed by atoms with Gasteiger partial charge in [-0.1, -0.05) is 29.8 Å². The van der Waals surface area contributed by atoms with Crippen molar-refractivity contribution >= 4 is 22.9 Å². The van der Waals surface area contributed by atoms with E-state index in [2.05, 4.69) is 5.10 Å². The van der Waals surface area contributed by atoms with E-state index in [0.717, 1.165) is 9.56 Å². The summed E-state index contributed by atoms with van der Waals surface area (Å²) in [5, 5.41) is 16.7. The van der Waals surface area contributed by atoms with Crippen LogP contribution in [0.5, 0.6) is 0 Å². The molecule has 0 fully saturated rings. The SMILES string of the molecule is O=c1oc(-c2cccs2)nn1CC(O)c1ccc(Cl)cc1. The molecule has 1 unspecified atom stereocenters. The molecule has 0 saturated heterocycles. The van der Waals surface area contributed by atoms with Crippen molar-refractivity contribution < 1.29 is 9.52 Å². The third kappa shape index (κ3) is 3.07. The van der Waals surface area contributed by atoms with Gasteiger partial charge >= 0.3 is 5.76 Å². The molecule has 5 nitrogen and oxygen atoms in total. The van der Waals surface area contributed by atoms with Crippen molar-refractivity contribution in [3.63, 3.8) is 0 Å². The molecule has 0 aliphatic heterocycles. The molecule has 0 amide bonds. The fourth-order valence-corrected chi connectivity index (χ4v) is 2.65. The molecule has 1 aromatic carbocycles. The molecule has 0 radical (unpaired) electrons. The van der Waals surface area contributed by atoms with Crippen molar-refractivity contribution in [2.24, 2.45) is 0 Å². The highest BCUT2D eigenvalue weighted by molar-refractivity contribution is 7.13. The van der Waals surface area contributed by atoms with Crippen LogP contribution in [0.4, 0.5) is 0 Å². The van der Waals surface area contributed by atoms with Gasteiger partial charge in [0.1, 0.15) is 0 Å². The summed E-state index contributed by atoms with van der Waals surface area (Å²) in [5.41, 5.74) is 0.659. The molecule has 21 heavy (non-hydrogen) atoms. The average Bonchev–Trinajstić information content (AvgIpc) is 3.10. The Morgan fingerprint density at radius 3 is 2.76 bits per heavy atom. The van der Waals surface area contributed by atoms with E-state index >= 15 is 0 Å². The van der Waals surface area contributed by atoms with Crippen LogP contribution in [0, 0.1) is 0 Å². The van der Waals surface area contributed by atoms with E-state index in [-0.39, 0.29) is 12.4 Å². The quantitative estimate of drug-likeness (QED) is 0.802. The number of hydrogen-bond donors (Lipinski definition) is 1. The van der Waals surface area contributed by atoms with Crippen LogP contribution in [-0.2, 0) is 6.54 Å². The fraction of sp³-hybridized carbons (Fsp3) is 0.143. The van der Waals surface area contributed by atoms with Gasteiger partial charge in [-0.15, -0.1) is 16.4 Å². The molecule has 0 saturated carbocycles. The summed E-state index contributed by atoms with van der Waals surface area (Å²) in [6, 6.07) is 10.4. The Hall–Kier alpha value is -1.89. The molecule has 2 heterocycles. The predicted octanol–water partition coefficient (Wildman–Crippen LogP) is 2.95. The molecule has 3 rings (SSSR count). The Morgan fingerprint density at radius 2 is 2.10 bits per heavy atom. The summed E-state index contributed by atoms with van der Waals surface area (Å²) >= 11 is 7.23. The highest BCUT2D eigenvalue weighted by atomic mass is 35.5. The summed E-state index contributed by atoms with van der Waals surface area (Å²) in [5.74, 6) is -0.329. The number of halogens is 1. The first kappa shape index (κ1) is 14.1. The van der Waals surface area contributed by atoms with Crippen LogP contribution in [-0.4, -0.2) is 14.9 Å². The molecular formula is C14H11ClN2O3S. The van der Waals surface area contributed by atoms with Gasteiger partial charge in [-0.25, -0.2) is 4.79 Å². The van der Waals surface area contributed by atoms with Gasteiger partial charge in [0.15, 0.2) is 0 Å². The topological polar surface area (TPSA) is 68.3 Å². The van der Waals surface area contributed by atoms with Gasteiger partial charge in [0.05, 0.1) is 17.5 Å². The average molecular weight is 323 g/mol. The summed E-state index contributed by atoms with van der Waals surface area (Å²) in [7, 11) is 0. The number of benzene rings is 1. The van der Waals surface area contributed by atoms with Gasteiger partial charge in [0.25, 0.3) is 5.89 Å². The Morgan fingerprint density at radius 1 is 1.33 bits per heavy atom. The fourth-order valence-electron chi connectivity index (χ4n) is 1.88. The zero-order chi connectivity index (χ0) is 14.8. The van der Waals surface area contributed by atoms with E-state index in [0.29, 0.717) is 10.6 Å². The van der Waals surface area contributed by atoms with Crippen LogP contribution in [0.25, 0.3) is 10.8 Å². The summed E-state index contributed by atoms with van der Waals surface area (Å²) < 4.78 is 6.21. The van der Waals surface area contributed by atoms with Gasteiger partial charge < -0.3 is 9.52 Å². The van der Waals surface area contributed by atoms with Gasteiger partial charge in [0, 0.05) is 5.02 Å². The first-order valence-corrected chi connectivity index (χ1v) is 7.44. The molecule has 7 heteroatoms. The van der Waals surface area contributed by atoms with E-state index < -0.39 is 11.9 Å². The van der Waals surface area contributed by atoms with Gasteiger partial charge in [-0.3, -0.25) is 0 Å². The lowest BCUT2D eigenvalue weighted by Gasteiger charge is -2.09. The van der Waals surface area contributed by atoms with Crippen molar-refractivity contribution in [3.8, 4) is 10.8 Å². The van der Waals surface area contributed by atoms with Crippen molar-refractivity contribution in [1.29, 1.82) is 0 Å². The van der Waals surface area contributed by atoms with Gasteiger partial charge in [0.2, 0.25) is 0 Å². The van der Waals surface area contributed by atoms with Crippen LogP contribution < -0.4 is 5.76 Å². The van der Waals surface area contributed by atoms with Crippen LogP contribution in [0.3, 0.4) is 0 Å². The minimum atomic E-state index is -0.860. The van der Waals surface area contributed by atoms with Crippen molar-refractivity contribution in [1.82, 2.24) is 9.78 Å². The standard InChI is InChI=1S/C14H11ClN2O3S/c15-10-5-3-9(4-6-10)11(18)8-17-14(19)20-13(16-17)12-2-1-7-21-12/h1-7,11,18H,8H2. The lowest BCUT2D eigenvalue weighted by molar-refractivity contribution is 0.148. The Bertz CT molecular complexity index is 777. The monoisotopic (exact) mass is 322 g/mol. The van der Waals surface area contributed by atoms with Crippen molar-refractivity contribution in [2.45, 2.75) is 12.6 Å². The third-order valence-electron chi connectivity index (χ3n) is 2.94. The Balaban J connectivity index is 1.82. The Kier molecular flexibility index (Phi) is 3.92. The third-order valence-corrected chi connectivity index (χ3v) is 4.05. The second kappa shape index (κ2) is 5.85. The first-order chi connectivity index (χ1) is 10.1. The molecular weight excluding hydrogens is 312 g/mol. The summed E-state index contributed by atoms with van der Waals surface area (Å²) in [4.78, 5) is 12.5. The first-order valence-electron chi connectivity index (χ1n) is 6.19. The second-order valence-corrected chi connectivity index (χ2v) is 5.78. The zero-order valence-corrected chi connectivity index (χ0v) is 12.3. The molecule has 0 aliphatic carbocycles. The molecule has 0 spiro atoms. The van der Waals surface area contributed by atoms with Crippen LogP contribution in [0.1, 0.15) is 11.7 Å². The molecule has 1 N–H and O–H groups in total. The number of hydrogen-bond acceptors (Lipinski definition) is 5. The Labute approximate surface area is 129 Å². The smallest absolute Gasteiger partial charge is 0.387 e. The van der Waals surface area contributed by atoms with E-state index in [9.17, 15) is 9.90 Å². The number of nitrogens with zero attached hydrogens (tertiary/aromatic N) is 2. The molecule has 0 aliphatic rings. The predicted molar refractivity (Wildman–Crippen MR) is 80.5 cm³/mol. The van der Waals surface area contributed by atoms with E-state index in [1.807, 2.05) is 17.5 Å². The van der Waals surface area contributed by atoms with Crippen molar-refractivity contribution in [3.05, 3.63) is 62.9 Å². The lowest BCUT2D eigenvalue weighted by Crippen LogP contribution is -2.20. The molecule has 2 aromatic heterocycles. The zero-order valence-electron chi connectivity index (χ0n) is 10.8. The molecule has 108 valence electrons. The van der Waals surface area contributed by atoms with Crippen LogP contribution in [0.15, 0.2) is 51.0 Å². The van der Waals surface area contributed by atoms with Crippen LogP contribution in [0.2, 0.25) is 5.02 Å². The van der Waals surface area contributed by atoms with E-state index in [1.54, 1.807) is 24.3 Å². The minimum Gasteiger partial charge on any atom is -0.387 e. The largest absolute Gasteiger partial charge is 0.437 e. The summed E-state index contributed by atoms with van der Waals surface area (Å²) in [6.07, 6.45) is -0.860. The molecule has 3 aromatic rings. The maximum atomic E-state index is 11.8.